The molecular weight excluding hydrogens is 338 g/mol. The fourth-order valence-electron chi connectivity index (χ4n) is 3.27. The van der Waals surface area contributed by atoms with Crippen molar-refractivity contribution in [1.82, 2.24) is 15.1 Å². The fourth-order valence-corrected chi connectivity index (χ4v) is 3.27. The summed E-state index contributed by atoms with van der Waals surface area (Å²) in [6, 6.07) is 15.6. The fraction of sp³-hybridized carbons (Fsp3) is 0.364. The predicted octanol–water partition coefficient (Wildman–Crippen LogP) is 3.36. The topological polar surface area (TPSA) is 52.7 Å². The monoisotopic (exact) mass is 365 g/mol. The summed E-state index contributed by atoms with van der Waals surface area (Å²) in [5, 5.41) is 2.97. The molecule has 2 aromatic rings. The third-order valence-electron chi connectivity index (χ3n) is 5.11. The van der Waals surface area contributed by atoms with Crippen LogP contribution < -0.4 is 5.32 Å². The van der Waals surface area contributed by atoms with E-state index in [1.165, 1.54) is 5.56 Å². The van der Waals surface area contributed by atoms with E-state index in [0.717, 1.165) is 23.1 Å². The van der Waals surface area contributed by atoms with Gasteiger partial charge in [0.15, 0.2) is 0 Å². The molecule has 0 saturated carbocycles. The van der Waals surface area contributed by atoms with Crippen LogP contribution in [-0.2, 0) is 6.54 Å². The van der Waals surface area contributed by atoms with E-state index in [9.17, 15) is 9.59 Å². The predicted molar refractivity (Wildman–Crippen MR) is 107 cm³/mol. The minimum Gasteiger partial charge on any atom is -0.337 e. The second-order valence-corrected chi connectivity index (χ2v) is 7.08. The summed E-state index contributed by atoms with van der Waals surface area (Å²) in [5.41, 5.74) is 4.11. The first-order valence-corrected chi connectivity index (χ1v) is 9.48. The molecule has 0 unspecified atom stereocenters. The zero-order chi connectivity index (χ0) is 19.2. The lowest BCUT2D eigenvalue weighted by atomic mass is 10.1. The minimum absolute atomic E-state index is 0.0460. The highest BCUT2D eigenvalue weighted by molar-refractivity contribution is 5.94. The number of rotatable bonds is 3. The van der Waals surface area contributed by atoms with Gasteiger partial charge >= 0.3 is 6.03 Å². The molecule has 3 rings (SSSR count). The molecule has 1 aliphatic heterocycles. The van der Waals surface area contributed by atoms with Gasteiger partial charge in [0.05, 0.1) is 0 Å². The molecule has 3 amide bonds. The summed E-state index contributed by atoms with van der Waals surface area (Å²) in [7, 11) is 0. The molecule has 5 nitrogen and oxygen atoms in total. The maximum absolute atomic E-state index is 12.8. The van der Waals surface area contributed by atoms with Crippen LogP contribution in [0.3, 0.4) is 0 Å². The number of aryl methyl sites for hydroxylation is 2. The normalized spacial score (nSPS) is 14.6. The largest absolute Gasteiger partial charge is 0.337 e. The van der Waals surface area contributed by atoms with E-state index < -0.39 is 0 Å². The van der Waals surface area contributed by atoms with Gasteiger partial charge in [0.2, 0.25) is 0 Å². The maximum Gasteiger partial charge on any atom is 0.317 e. The average Bonchev–Trinajstić information content (AvgIpc) is 2.95. The van der Waals surface area contributed by atoms with E-state index in [-0.39, 0.29) is 11.9 Å². The summed E-state index contributed by atoms with van der Waals surface area (Å²) < 4.78 is 0. The van der Waals surface area contributed by atoms with Gasteiger partial charge < -0.3 is 15.1 Å². The van der Waals surface area contributed by atoms with Gasteiger partial charge in [0.1, 0.15) is 0 Å². The molecule has 1 saturated heterocycles. The van der Waals surface area contributed by atoms with Crippen molar-refractivity contribution >= 4 is 11.9 Å². The second kappa shape index (κ2) is 8.71. The third kappa shape index (κ3) is 4.88. The number of urea groups is 1. The van der Waals surface area contributed by atoms with Crippen LogP contribution in [0.25, 0.3) is 0 Å². The molecule has 1 fully saturated rings. The number of nitrogens with one attached hydrogen (secondary N) is 1. The van der Waals surface area contributed by atoms with E-state index in [2.05, 4.69) is 5.32 Å². The Hall–Kier alpha value is -2.82. The van der Waals surface area contributed by atoms with Crippen molar-refractivity contribution in [3.05, 3.63) is 70.8 Å². The smallest absolute Gasteiger partial charge is 0.317 e. The van der Waals surface area contributed by atoms with Crippen LogP contribution in [0.4, 0.5) is 4.79 Å². The average molecular weight is 365 g/mol. The molecule has 0 aromatic heterocycles. The molecule has 1 heterocycles. The summed E-state index contributed by atoms with van der Waals surface area (Å²) in [6.07, 6.45) is 0.787. The molecule has 0 radical (unpaired) electrons. The van der Waals surface area contributed by atoms with E-state index in [0.29, 0.717) is 32.7 Å². The van der Waals surface area contributed by atoms with Crippen molar-refractivity contribution in [2.75, 3.05) is 26.2 Å². The van der Waals surface area contributed by atoms with E-state index in [4.69, 9.17) is 0 Å². The van der Waals surface area contributed by atoms with Gasteiger partial charge in [0, 0.05) is 38.3 Å². The van der Waals surface area contributed by atoms with Gasteiger partial charge in [0.25, 0.3) is 5.91 Å². The van der Waals surface area contributed by atoms with Gasteiger partial charge in [-0.05, 0) is 49.1 Å². The third-order valence-corrected chi connectivity index (χ3v) is 5.11. The molecule has 0 bridgehead atoms. The SMILES string of the molecule is Cc1ccc(C(=O)N2CCCN(C(=O)NCc3ccccc3)CC2)cc1C. The number of amides is 3. The van der Waals surface area contributed by atoms with Crippen molar-refractivity contribution in [1.29, 1.82) is 0 Å². The van der Waals surface area contributed by atoms with Crippen LogP contribution in [0.2, 0.25) is 0 Å². The highest BCUT2D eigenvalue weighted by Gasteiger charge is 2.22. The van der Waals surface area contributed by atoms with Gasteiger partial charge in [-0.15, -0.1) is 0 Å². The van der Waals surface area contributed by atoms with E-state index in [1.807, 2.05) is 67.3 Å². The van der Waals surface area contributed by atoms with Gasteiger partial charge in [-0.1, -0.05) is 36.4 Å². The molecule has 0 atom stereocenters. The molecule has 1 aliphatic rings. The summed E-state index contributed by atoms with van der Waals surface area (Å²) in [4.78, 5) is 28.9. The van der Waals surface area contributed by atoms with Gasteiger partial charge in [-0.25, -0.2) is 4.79 Å². The Balaban J connectivity index is 1.55. The molecular formula is C22H27N3O2. The summed E-state index contributed by atoms with van der Waals surface area (Å²) >= 11 is 0. The van der Waals surface area contributed by atoms with Crippen molar-refractivity contribution in [3.8, 4) is 0 Å². The first kappa shape index (κ1) is 19.0. The van der Waals surface area contributed by atoms with Gasteiger partial charge in [-0.2, -0.15) is 0 Å². The Labute approximate surface area is 161 Å². The van der Waals surface area contributed by atoms with Crippen LogP contribution in [0.1, 0.15) is 33.5 Å². The van der Waals surface area contributed by atoms with Crippen LogP contribution >= 0.6 is 0 Å². The molecule has 5 heteroatoms. The molecule has 27 heavy (non-hydrogen) atoms. The quantitative estimate of drug-likeness (QED) is 0.907. The van der Waals surface area contributed by atoms with Crippen LogP contribution in [0, 0.1) is 13.8 Å². The Bertz CT molecular complexity index is 804. The Morgan fingerprint density at radius 2 is 1.59 bits per heavy atom. The number of benzene rings is 2. The van der Waals surface area contributed by atoms with Crippen molar-refractivity contribution in [3.63, 3.8) is 0 Å². The first-order valence-electron chi connectivity index (χ1n) is 9.48. The second-order valence-electron chi connectivity index (χ2n) is 7.08. The Kier molecular flexibility index (Phi) is 6.12. The summed E-state index contributed by atoms with van der Waals surface area (Å²) in [5.74, 6) is 0.0460. The van der Waals surface area contributed by atoms with Crippen LogP contribution in [0.15, 0.2) is 48.5 Å². The Morgan fingerprint density at radius 3 is 2.33 bits per heavy atom. The first-order chi connectivity index (χ1) is 13.0. The summed E-state index contributed by atoms with van der Waals surface area (Å²) in [6.45, 7) is 7.03. The molecule has 2 aromatic carbocycles. The number of hydrogen-bond donors (Lipinski definition) is 1. The maximum atomic E-state index is 12.8. The lowest BCUT2D eigenvalue weighted by Crippen LogP contribution is -2.42. The van der Waals surface area contributed by atoms with Gasteiger partial charge in [-0.3, -0.25) is 4.79 Å². The number of carbonyl (C=O) groups is 2. The van der Waals surface area contributed by atoms with Crippen molar-refractivity contribution in [2.24, 2.45) is 0 Å². The number of carbonyl (C=O) groups excluding carboxylic acids is 2. The van der Waals surface area contributed by atoms with Crippen molar-refractivity contribution in [2.45, 2.75) is 26.8 Å². The minimum atomic E-state index is -0.0701. The van der Waals surface area contributed by atoms with E-state index in [1.54, 1.807) is 4.90 Å². The molecule has 142 valence electrons. The highest BCUT2D eigenvalue weighted by Crippen LogP contribution is 2.14. The van der Waals surface area contributed by atoms with Crippen molar-refractivity contribution < 1.29 is 9.59 Å². The number of hydrogen-bond acceptors (Lipinski definition) is 2. The lowest BCUT2D eigenvalue weighted by molar-refractivity contribution is 0.0762. The zero-order valence-corrected chi connectivity index (χ0v) is 16.1. The molecule has 1 N–H and O–H groups in total. The Morgan fingerprint density at radius 1 is 0.889 bits per heavy atom. The highest BCUT2D eigenvalue weighted by atomic mass is 16.2. The van der Waals surface area contributed by atoms with E-state index >= 15 is 0 Å². The molecule has 0 spiro atoms. The lowest BCUT2D eigenvalue weighted by Gasteiger charge is -2.23. The van der Waals surface area contributed by atoms with Crippen LogP contribution in [0.5, 0.6) is 0 Å². The zero-order valence-electron chi connectivity index (χ0n) is 16.1. The van der Waals surface area contributed by atoms with Crippen LogP contribution in [-0.4, -0.2) is 47.9 Å². The molecule has 0 aliphatic carbocycles. The standard InChI is InChI=1S/C22H27N3O2/c1-17-9-10-20(15-18(17)2)21(26)24-11-6-12-25(14-13-24)22(27)23-16-19-7-4-3-5-8-19/h3-5,7-10,15H,6,11-14,16H2,1-2H3,(H,23,27). The number of nitrogens with zero attached hydrogens (tertiary/aromatic N) is 2.